The van der Waals surface area contributed by atoms with Gasteiger partial charge in [-0.15, -0.1) is 0 Å². The maximum atomic E-state index is 12.9. The Morgan fingerprint density at radius 1 is 0.971 bits per heavy atom. The summed E-state index contributed by atoms with van der Waals surface area (Å²) in [4.78, 5) is 30.1. The van der Waals surface area contributed by atoms with E-state index < -0.39 is 0 Å². The highest BCUT2D eigenvalue weighted by molar-refractivity contribution is 7.99. The van der Waals surface area contributed by atoms with E-state index in [0.29, 0.717) is 23.4 Å². The van der Waals surface area contributed by atoms with Crippen LogP contribution in [0, 0.1) is 0 Å². The maximum Gasteiger partial charge on any atom is 0.255 e. The molecule has 6 nitrogen and oxygen atoms in total. The molecule has 1 saturated heterocycles. The van der Waals surface area contributed by atoms with E-state index in [-0.39, 0.29) is 11.8 Å². The Balaban J connectivity index is 1.25. The lowest BCUT2D eigenvalue weighted by molar-refractivity contribution is 0.0966. The van der Waals surface area contributed by atoms with Crippen LogP contribution in [0.1, 0.15) is 39.1 Å². The van der Waals surface area contributed by atoms with Gasteiger partial charge in [0.05, 0.1) is 11.3 Å². The van der Waals surface area contributed by atoms with Gasteiger partial charge < -0.3 is 20.9 Å². The number of amides is 2. The lowest BCUT2D eigenvalue weighted by atomic mass is 10.1. The zero-order chi connectivity index (χ0) is 23.3. The van der Waals surface area contributed by atoms with Crippen LogP contribution >= 0.6 is 11.8 Å². The molecule has 0 aliphatic carbocycles. The lowest BCUT2D eigenvalue weighted by Crippen LogP contribution is -2.25. The molecule has 0 bridgehead atoms. The molecule has 174 valence electrons. The number of anilines is 2. The number of hydrogen-bond donors (Lipinski definition) is 3. The van der Waals surface area contributed by atoms with Crippen LogP contribution in [0.15, 0.2) is 76.5 Å². The van der Waals surface area contributed by atoms with Crippen molar-refractivity contribution >= 4 is 35.0 Å². The minimum absolute atomic E-state index is 0.154. The van der Waals surface area contributed by atoms with Crippen molar-refractivity contribution in [1.29, 1.82) is 0 Å². The van der Waals surface area contributed by atoms with Gasteiger partial charge in [-0.1, -0.05) is 30.0 Å². The Hall–Kier alpha value is -3.29. The standard InChI is InChI=1S/C27H28N4O2S/c32-26(19-8-10-20(11-9-19)28-14-17-31-15-4-5-16-31)30-23-12-13-24(22-18-29-27(33)25(22)23)34-21-6-2-1-3-7-21/h1-3,6-13,28H,4-5,14-18H2,(H,29,33)(H,30,32). The van der Waals surface area contributed by atoms with Gasteiger partial charge in [0.1, 0.15) is 0 Å². The largest absolute Gasteiger partial charge is 0.384 e. The number of nitrogens with zero attached hydrogens (tertiary/aromatic N) is 1. The molecule has 0 saturated carbocycles. The quantitative estimate of drug-likeness (QED) is 0.438. The molecule has 5 rings (SSSR count). The van der Waals surface area contributed by atoms with Gasteiger partial charge in [0.2, 0.25) is 0 Å². The molecule has 7 heteroatoms. The van der Waals surface area contributed by atoms with Crippen molar-refractivity contribution in [1.82, 2.24) is 10.2 Å². The van der Waals surface area contributed by atoms with Crippen LogP contribution in [0.4, 0.5) is 11.4 Å². The normalized spacial score (nSPS) is 15.1. The fourth-order valence-corrected chi connectivity index (χ4v) is 5.42. The number of hydrogen-bond acceptors (Lipinski definition) is 5. The summed E-state index contributed by atoms with van der Waals surface area (Å²) >= 11 is 1.62. The molecule has 1 fully saturated rings. The number of carbonyl (C=O) groups excluding carboxylic acids is 2. The average molecular weight is 473 g/mol. The predicted octanol–water partition coefficient (Wildman–Crippen LogP) is 4.84. The SMILES string of the molecule is O=C(Nc1ccc(Sc2ccccc2)c2c1C(=O)NC2)c1ccc(NCCN2CCCC2)cc1. The smallest absolute Gasteiger partial charge is 0.255 e. The second kappa shape index (κ2) is 10.3. The first-order chi connectivity index (χ1) is 16.7. The Morgan fingerprint density at radius 3 is 2.50 bits per heavy atom. The number of benzene rings is 3. The van der Waals surface area contributed by atoms with Crippen molar-refractivity contribution in [2.45, 2.75) is 29.2 Å². The van der Waals surface area contributed by atoms with E-state index in [1.165, 1.54) is 25.9 Å². The van der Waals surface area contributed by atoms with Crippen molar-refractivity contribution in [3.05, 3.63) is 83.4 Å². The summed E-state index contributed by atoms with van der Waals surface area (Å²) in [7, 11) is 0. The van der Waals surface area contributed by atoms with Gasteiger partial charge in [0.25, 0.3) is 11.8 Å². The highest BCUT2D eigenvalue weighted by atomic mass is 32.2. The third-order valence-corrected chi connectivity index (χ3v) is 7.36. The Labute approximate surface area is 204 Å². The molecule has 3 aromatic carbocycles. The molecule has 0 atom stereocenters. The summed E-state index contributed by atoms with van der Waals surface area (Å²) < 4.78 is 0. The van der Waals surface area contributed by atoms with E-state index in [1.807, 2.05) is 66.7 Å². The zero-order valence-corrected chi connectivity index (χ0v) is 19.8. The molecule has 0 unspecified atom stereocenters. The number of nitrogens with one attached hydrogen (secondary N) is 3. The van der Waals surface area contributed by atoms with E-state index >= 15 is 0 Å². The summed E-state index contributed by atoms with van der Waals surface area (Å²) in [6.45, 7) is 4.77. The molecule has 0 aromatic heterocycles. The molecule has 2 amide bonds. The van der Waals surface area contributed by atoms with Crippen molar-refractivity contribution in [3.63, 3.8) is 0 Å². The first-order valence-corrected chi connectivity index (χ1v) is 12.5. The minimum atomic E-state index is -0.228. The van der Waals surface area contributed by atoms with Crippen molar-refractivity contribution in [2.24, 2.45) is 0 Å². The maximum absolute atomic E-state index is 12.9. The Morgan fingerprint density at radius 2 is 1.74 bits per heavy atom. The first-order valence-electron chi connectivity index (χ1n) is 11.7. The van der Waals surface area contributed by atoms with Crippen molar-refractivity contribution in [2.75, 3.05) is 36.8 Å². The van der Waals surface area contributed by atoms with Gasteiger partial charge in [-0.3, -0.25) is 9.59 Å². The highest BCUT2D eigenvalue weighted by Crippen LogP contribution is 2.37. The van der Waals surface area contributed by atoms with Gasteiger partial charge in [-0.05, 0) is 74.5 Å². The van der Waals surface area contributed by atoms with E-state index in [4.69, 9.17) is 0 Å². The molecule has 3 aromatic rings. The molecular weight excluding hydrogens is 444 g/mol. The third-order valence-electron chi connectivity index (χ3n) is 6.24. The monoisotopic (exact) mass is 472 g/mol. The fourth-order valence-electron chi connectivity index (χ4n) is 4.43. The van der Waals surface area contributed by atoms with Crippen LogP contribution in [0.3, 0.4) is 0 Å². The number of rotatable bonds is 8. The summed E-state index contributed by atoms with van der Waals surface area (Å²) in [5.74, 6) is -0.382. The molecule has 34 heavy (non-hydrogen) atoms. The minimum Gasteiger partial charge on any atom is -0.384 e. The zero-order valence-electron chi connectivity index (χ0n) is 19.0. The number of carbonyl (C=O) groups is 2. The van der Waals surface area contributed by atoms with Gasteiger partial charge in [0, 0.05) is 46.2 Å². The van der Waals surface area contributed by atoms with Crippen LogP contribution in [-0.4, -0.2) is 42.9 Å². The first kappa shape index (κ1) is 22.5. The number of likely N-dealkylation sites (tertiary alicyclic amines) is 1. The van der Waals surface area contributed by atoms with Gasteiger partial charge >= 0.3 is 0 Å². The summed E-state index contributed by atoms with van der Waals surface area (Å²) in [5.41, 5.74) is 3.57. The lowest BCUT2D eigenvalue weighted by Gasteiger charge is -2.15. The van der Waals surface area contributed by atoms with Crippen LogP contribution < -0.4 is 16.0 Å². The van der Waals surface area contributed by atoms with E-state index in [1.54, 1.807) is 11.8 Å². The molecule has 0 radical (unpaired) electrons. The van der Waals surface area contributed by atoms with Crippen LogP contribution in [0.2, 0.25) is 0 Å². The second-order valence-electron chi connectivity index (χ2n) is 8.57. The second-order valence-corrected chi connectivity index (χ2v) is 9.68. The highest BCUT2D eigenvalue weighted by Gasteiger charge is 2.26. The van der Waals surface area contributed by atoms with Crippen molar-refractivity contribution in [3.8, 4) is 0 Å². The number of fused-ring (bicyclic) bond motifs is 1. The molecular formula is C27H28N4O2S. The molecule has 0 spiro atoms. The van der Waals surface area contributed by atoms with Crippen LogP contribution in [-0.2, 0) is 6.54 Å². The van der Waals surface area contributed by atoms with Crippen LogP contribution in [0.25, 0.3) is 0 Å². The molecule has 2 aliphatic heterocycles. The average Bonchev–Trinajstić information content (AvgIpc) is 3.52. The third kappa shape index (κ3) is 5.11. The Bertz CT molecular complexity index is 1180. The summed E-state index contributed by atoms with van der Waals surface area (Å²) in [5, 5.41) is 9.26. The van der Waals surface area contributed by atoms with E-state index in [0.717, 1.165) is 34.1 Å². The summed E-state index contributed by atoms with van der Waals surface area (Å²) in [6, 6.07) is 21.3. The van der Waals surface area contributed by atoms with Crippen molar-refractivity contribution < 1.29 is 9.59 Å². The topological polar surface area (TPSA) is 73.5 Å². The molecule has 3 N–H and O–H groups in total. The van der Waals surface area contributed by atoms with Gasteiger partial charge in [-0.25, -0.2) is 0 Å². The summed E-state index contributed by atoms with van der Waals surface area (Å²) in [6.07, 6.45) is 2.59. The van der Waals surface area contributed by atoms with E-state index in [9.17, 15) is 9.59 Å². The van der Waals surface area contributed by atoms with Gasteiger partial charge in [-0.2, -0.15) is 0 Å². The van der Waals surface area contributed by atoms with E-state index in [2.05, 4.69) is 20.9 Å². The van der Waals surface area contributed by atoms with Gasteiger partial charge in [0.15, 0.2) is 0 Å². The molecule has 2 aliphatic rings. The Kier molecular flexibility index (Phi) is 6.83. The van der Waals surface area contributed by atoms with Crippen LogP contribution in [0.5, 0.6) is 0 Å². The fraction of sp³-hybridized carbons (Fsp3) is 0.259. The predicted molar refractivity (Wildman–Crippen MR) is 137 cm³/mol. The molecule has 2 heterocycles.